The highest BCUT2D eigenvalue weighted by Gasteiger charge is 2.32. The third kappa shape index (κ3) is 2.97. The number of hydrogen-bond acceptors (Lipinski definition) is 2. The molecule has 0 aliphatic carbocycles. The summed E-state index contributed by atoms with van der Waals surface area (Å²) in [6.07, 6.45) is 1.63. The van der Waals surface area contributed by atoms with Crippen molar-refractivity contribution in [2.24, 2.45) is 0 Å². The Morgan fingerprint density at radius 2 is 2.06 bits per heavy atom. The Morgan fingerprint density at radius 3 is 2.71 bits per heavy atom. The van der Waals surface area contributed by atoms with E-state index in [2.05, 4.69) is 5.32 Å². The van der Waals surface area contributed by atoms with E-state index >= 15 is 0 Å². The molecule has 94 valence electrons. The zero-order valence-electron chi connectivity index (χ0n) is 10.6. The Morgan fingerprint density at radius 1 is 1.35 bits per heavy atom. The highest BCUT2D eigenvalue weighted by atomic mass is 19.1. The summed E-state index contributed by atoms with van der Waals surface area (Å²) >= 11 is 0. The van der Waals surface area contributed by atoms with Gasteiger partial charge in [0, 0.05) is 6.42 Å². The Labute approximate surface area is 102 Å². The molecule has 2 nitrogen and oxygen atoms in total. The van der Waals surface area contributed by atoms with Crippen LogP contribution in [-0.4, -0.2) is 25.9 Å². The number of nitrogens with one attached hydrogen (secondary N) is 1. The zero-order valence-corrected chi connectivity index (χ0v) is 10.6. The van der Waals surface area contributed by atoms with Crippen molar-refractivity contribution in [1.82, 2.24) is 5.32 Å². The SMILES string of the molecule is COc1ccc(C)cc1CC1(F)CCNCC1. The van der Waals surface area contributed by atoms with Crippen LogP contribution in [0.15, 0.2) is 18.2 Å². The highest BCUT2D eigenvalue weighted by Crippen LogP contribution is 2.31. The van der Waals surface area contributed by atoms with E-state index in [4.69, 9.17) is 4.74 Å². The normalized spacial score (nSPS) is 19.0. The molecular weight excluding hydrogens is 217 g/mol. The van der Waals surface area contributed by atoms with Crippen LogP contribution < -0.4 is 10.1 Å². The van der Waals surface area contributed by atoms with Crippen LogP contribution in [0.3, 0.4) is 0 Å². The quantitative estimate of drug-likeness (QED) is 0.872. The van der Waals surface area contributed by atoms with Crippen LogP contribution in [0, 0.1) is 6.92 Å². The molecule has 0 atom stereocenters. The third-order valence-electron chi connectivity index (χ3n) is 3.44. The van der Waals surface area contributed by atoms with Gasteiger partial charge in [-0.05, 0) is 44.5 Å². The molecule has 0 amide bonds. The lowest BCUT2D eigenvalue weighted by molar-refractivity contribution is 0.115. The van der Waals surface area contributed by atoms with Gasteiger partial charge in [0.1, 0.15) is 11.4 Å². The molecule has 0 unspecified atom stereocenters. The van der Waals surface area contributed by atoms with Gasteiger partial charge < -0.3 is 10.1 Å². The second-order valence-electron chi connectivity index (χ2n) is 4.89. The molecule has 1 aromatic rings. The van der Waals surface area contributed by atoms with E-state index in [-0.39, 0.29) is 0 Å². The average molecular weight is 237 g/mol. The molecule has 0 aromatic heterocycles. The van der Waals surface area contributed by atoms with Gasteiger partial charge in [0.05, 0.1) is 7.11 Å². The fourth-order valence-electron chi connectivity index (χ4n) is 2.44. The summed E-state index contributed by atoms with van der Waals surface area (Å²) in [6, 6.07) is 5.95. The molecule has 17 heavy (non-hydrogen) atoms. The van der Waals surface area contributed by atoms with E-state index in [9.17, 15) is 4.39 Å². The number of aryl methyl sites for hydroxylation is 1. The summed E-state index contributed by atoms with van der Waals surface area (Å²) in [7, 11) is 1.64. The number of hydrogen-bond donors (Lipinski definition) is 1. The van der Waals surface area contributed by atoms with Crippen molar-refractivity contribution < 1.29 is 9.13 Å². The molecule has 1 heterocycles. The number of methoxy groups -OCH3 is 1. The molecule has 1 aromatic carbocycles. The highest BCUT2D eigenvalue weighted by molar-refractivity contribution is 5.38. The van der Waals surface area contributed by atoms with Crippen LogP contribution in [0.25, 0.3) is 0 Å². The predicted molar refractivity (Wildman–Crippen MR) is 67.4 cm³/mol. The van der Waals surface area contributed by atoms with E-state index in [0.29, 0.717) is 19.3 Å². The number of rotatable bonds is 3. The molecule has 1 aliphatic heterocycles. The van der Waals surface area contributed by atoms with Crippen molar-refractivity contribution in [2.45, 2.75) is 31.9 Å². The molecule has 0 bridgehead atoms. The summed E-state index contributed by atoms with van der Waals surface area (Å²) in [4.78, 5) is 0. The molecule has 1 N–H and O–H groups in total. The summed E-state index contributed by atoms with van der Waals surface area (Å²) in [5.41, 5.74) is 1.06. The molecule has 1 aliphatic rings. The largest absolute Gasteiger partial charge is 0.496 e. The van der Waals surface area contributed by atoms with Crippen LogP contribution in [-0.2, 0) is 6.42 Å². The van der Waals surface area contributed by atoms with Crippen LogP contribution in [0.5, 0.6) is 5.75 Å². The third-order valence-corrected chi connectivity index (χ3v) is 3.44. The van der Waals surface area contributed by atoms with Crippen LogP contribution in [0.1, 0.15) is 24.0 Å². The monoisotopic (exact) mass is 237 g/mol. The Bertz CT molecular complexity index is 386. The van der Waals surface area contributed by atoms with Gasteiger partial charge in [-0.25, -0.2) is 4.39 Å². The number of ether oxygens (including phenoxy) is 1. The van der Waals surface area contributed by atoms with E-state index in [1.165, 1.54) is 0 Å². The van der Waals surface area contributed by atoms with Gasteiger partial charge in [-0.3, -0.25) is 0 Å². The summed E-state index contributed by atoms with van der Waals surface area (Å²) in [5.74, 6) is 0.797. The lowest BCUT2D eigenvalue weighted by atomic mass is 9.87. The van der Waals surface area contributed by atoms with Gasteiger partial charge in [-0.2, -0.15) is 0 Å². The molecule has 1 saturated heterocycles. The lowest BCUT2D eigenvalue weighted by Crippen LogP contribution is -2.40. The van der Waals surface area contributed by atoms with Crippen molar-refractivity contribution in [3.63, 3.8) is 0 Å². The van der Waals surface area contributed by atoms with Gasteiger partial charge in [-0.1, -0.05) is 17.7 Å². The van der Waals surface area contributed by atoms with Crippen molar-refractivity contribution in [1.29, 1.82) is 0 Å². The average Bonchev–Trinajstić information content (AvgIpc) is 2.29. The predicted octanol–water partition coefficient (Wildman–Crippen LogP) is 2.64. The Kier molecular flexibility index (Phi) is 3.67. The standard InChI is InChI=1S/C14H20FNO/c1-11-3-4-13(17-2)12(9-11)10-14(15)5-7-16-8-6-14/h3-4,9,16H,5-8,10H2,1-2H3. The van der Waals surface area contributed by atoms with E-state index in [1.807, 2.05) is 25.1 Å². The second-order valence-corrected chi connectivity index (χ2v) is 4.89. The minimum atomic E-state index is -1.08. The Hall–Kier alpha value is -1.09. The fraction of sp³-hybridized carbons (Fsp3) is 0.571. The summed E-state index contributed by atoms with van der Waals surface area (Å²) < 4.78 is 19.9. The van der Waals surface area contributed by atoms with Crippen molar-refractivity contribution in [3.8, 4) is 5.75 Å². The first kappa shape index (κ1) is 12.4. The van der Waals surface area contributed by atoms with E-state index in [0.717, 1.165) is 30.0 Å². The van der Waals surface area contributed by atoms with Crippen molar-refractivity contribution in [3.05, 3.63) is 29.3 Å². The smallest absolute Gasteiger partial charge is 0.122 e. The maximum Gasteiger partial charge on any atom is 0.122 e. The zero-order chi connectivity index (χ0) is 12.3. The molecular formula is C14H20FNO. The van der Waals surface area contributed by atoms with Gasteiger partial charge in [0.15, 0.2) is 0 Å². The van der Waals surface area contributed by atoms with Gasteiger partial charge >= 0.3 is 0 Å². The van der Waals surface area contributed by atoms with Crippen molar-refractivity contribution >= 4 is 0 Å². The molecule has 3 heteroatoms. The van der Waals surface area contributed by atoms with Gasteiger partial charge in [0.2, 0.25) is 0 Å². The molecule has 1 fully saturated rings. The van der Waals surface area contributed by atoms with Gasteiger partial charge in [0.25, 0.3) is 0 Å². The van der Waals surface area contributed by atoms with Crippen LogP contribution in [0.2, 0.25) is 0 Å². The Balaban J connectivity index is 2.19. The number of benzene rings is 1. The molecule has 0 spiro atoms. The molecule has 0 radical (unpaired) electrons. The summed E-state index contributed by atoms with van der Waals surface area (Å²) in [5, 5.41) is 3.19. The topological polar surface area (TPSA) is 21.3 Å². The van der Waals surface area contributed by atoms with E-state index in [1.54, 1.807) is 7.11 Å². The summed E-state index contributed by atoms with van der Waals surface area (Å²) in [6.45, 7) is 3.56. The first-order valence-electron chi connectivity index (χ1n) is 6.16. The van der Waals surface area contributed by atoms with Crippen LogP contribution >= 0.6 is 0 Å². The van der Waals surface area contributed by atoms with Crippen LogP contribution in [0.4, 0.5) is 4.39 Å². The van der Waals surface area contributed by atoms with Gasteiger partial charge in [-0.15, -0.1) is 0 Å². The maximum absolute atomic E-state index is 14.6. The fourth-order valence-corrected chi connectivity index (χ4v) is 2.44. The maximum atomic E-state index is 14.6. The molecule has 0 saturated carbocycles. The minimum Gasteiger partial charge on any atom is -0.496 e. The number of alkyl halides is 1. The number of piperidine rings is 1. The van der Waals surface area contributed by atoms with Crippen molar-refractivity contribution in [2.75, 3.05) is 20.2 Å². The minimum absolute atomic E-state index is 0.458. The first-order valence-corrected chi connectivity index (χ1v) is 6.16. The second kappa shape index (κ2) is 5.05. The lowest BCUT2D eigenvalue weighted by Gasteiger charge is -2.30. The van der Waals surface area contributed by atoms with E-state index < -0.39 is 5.67 Å². The number of halogens is 1. The molecule has 2 rings (SSSR count). The first-order chi connectivity index (χ1) is 8.13.